The first-order chi connectivity index (χ1) is 10.2. The molecule has 0 bridgehead atoms. The molecule has 1 aliphatic rings. The van der Waals surface area contributed by atoms with Crippen LogP contribution in [-0.4, -0.2) is 23.1 Å². The van der Waals surface area contributed by atoms with Gasteiger partial charge in [0.05, 0.1) is 10.5 Å². The SMILES string of the molecule is Cc1cc(C2CCCCN2C(=O)OC(C)(C)C)cc(F)c1Br. The van der Waals surface area contributed by atoms with Crippen molar-refractivity contribution in [1.29, 1.82) is 0 Å². The number of aryl methyl sites for hydroxylation is 1. The van der Waals surface area contributed by atoms with Gasteiger partial charge in [0, 0.05) is 6.54 Å². The molecular weight excluding hydrogens is 349 g/mol. The fourth-order valence-electron chi connectivity index (χ4n) is 2.76. The molecular formula is C17H23BrFNO2. The van der Waals surface area contributed by atoms with Gasteiger partial charge in [-0.25, -0.2) is 9.18 Å². The second-order valence-electron chi connectivity index (χ2n) is 6.82. The van der Waals surface area contributed by atoms with Crippen molar-refractivity contribution in [2.45, 2.75) is 58.6 Å². The molecule has 1 heterocycles. The van der Waals surface area contributed by atoms with Crippen molar-refractivity contribution in [3.63, 3.8) is 0 Å². The molecule has 0 aromatic heterocycles. The van der Waals surface area contributed by atoms with Crippen molar-refractivity contribution in [3.8, 4) is 0 Å². The first-order valence-corrected chi connectivity index (χ1v) is 8.43. The number of amides is 1. The molecule has 1 fully saturated rings. The molecule has 0 radical (unpaired) electrons. The third-order valence-corrected chi connectivity index (χ3v) is 4.75. The molecule has 22 heavy (non-hydrogen) atoms. The van der Waals surface area contributed by atoms with Gasteiger partial charge in [-0.3, -0.25) is 0 Å². The number of carbonyl (C=O) groups excluding carboxylic acids is 1. The number of ether oxygens (including phenoxy) is 1. The van der Waals surface area contributed by atoms with Crippen LogP contribution in [0.2, 0.25) is 0 Å². The van der Waals surface area contributed by atoms with Crippen LogP contribution in [-0.2, 0) is 4.74 Å². The van der Waals surface area contributed by atoms with Crippen molar-refractivity contribution < 1.29 is 13.9 Å². The molecule has 0 aliphatic carbocycles. The summed E-state index contributed by atoms with van der Waals surface area (Å²) >= 11 is 3.24. The lowest BCUT2D eigenvalue weighted by Gasteiger charge is -2.37. The summed E-state index contributed by atoms with van der Waals surface area (Å²) in [7, 11) is 0. The number of rotatable bonds is 1. The van der Waals surface area contributed by atoms with E-state index >= 15 is 0 Å². The Morgan fingerprint density at radius 1 is 1.36 bits per heavy atom. The number of benzene rings is 1. The van der Waals surface area contributed by atoms with Gasteiger partial charge in [0.25, 0.3) is 0 Å². The van der Waals surface area contributed by atoms with E-state index in [0.29, 0.717) is 11.0 Å². The normalized spacial score (nSPS) is 19.2. The van der Waals surface area contributed by atoms with Crippen LogP contribution in [0, 0.1) is 12.7 Å². The highest BCUT2D eigenvalue weighted by atomic mass is 79.9. The zero-order valence-corrected chi connectivity index (χ0v) is 15.2. The summed E-state index contributed by atoms with van der Waals surface area (Å²) in [5.41, 5.74) is 1.15. The molecule has 2 rings (SSSR count). The first-order valence-electron chi connectivity index (χ1n) is 7.64. The van der Waals surface area contributed by atoms with Gasteiger partial charge in [-0.15, -0.1) is 0 Å². The zero-order chi connectivity index (χ0) is 16.5. The summed E-state index contributed by atoms with van der Waals surface area (Å²) < 4.78 is 20.0. The maximum atomic E-state index is 14.0. The molecule has 1 unspecified atom stereocenters. The van der Waals surface area contributed by atoms with Crippen LogP contribution >= 0.6 is 15.9 Å². The molecule has 1 aliphatic heterocycles. The number of likely N-dealkylation sites (tertiary alicyclic amines) is 1. The number of piperidine rings is 1. The summed E-state index contributed by atoms with van der Waals surface area (Å²) in [6, 6.07) is 3.34. The molecule has 1 aromatic carbocycles. The number of hydrogen-bond acceptors (Lipinski definition) is 2. The molecule has 3 nitrogen and oxygen atoms in total. The van der Waals surface area contributed by atoms with Gasteiger partial charge in [0.15, 0.2) is 0 Å². The number of carbonyl (C=O) groups is 1. The van der Waals surface area contributed by atoms with Gasteiger partial charge in [0.1, 0.15) is 11.4 Å². The fraction of sp³-hybridized carbons (Fsp3) is 0.588. The highest BCUT2D eigenvalue weighted by Crippen LogP contribution is 2.34. The van der Waals surface area contributed by atoms with Crippen LogP contribution in [0.5, 0.6) is 0 Å². The predicted octanol–water partition coefficient (Wildman–Crippen LogP) is 5.36. The van der Waals surface area contributed by atoms with E-state index in [2.05, 4.69) is 15.9 Å². The van der Waals surface area contributed by atoms with Gasteiger partial charge in [0.2, 0.25) is 0 Å². The van der Waals surface area contributed by atoms with Gasteiger partial charge in [-0.05, 0) is 80.1 Å². The summed E-state index contributed by atoms with van der Waals surface area (Å²) in [6.07, 6.45) is 2.49. The monoisotopic (exact) mass is 371 g/mol. The van der Waals surface area contributed by atoms with Crippen molar-refractivity contribution >= 4 is 22.0 Å². The Morgan fingerprint density at radius 2 is 2.05 bits per heavy atom. The maximum Gasteiger partial charge on any atom is 0.410 e. The zero-order valence-electron chi connectivity index (χ0n) is 13.6. The molecule has 1 amide bonds. The Kier molecular flexibility index (Phi) is 5.15. The Labute approximate surface area is 140 Å². The third-order valence-electron chi connectivity index (χ3n) is 3.75. The maximum absolute atomic E-state index is 14.0. The van der Waals surface area contributed by atoms with Crippen molar-refractivity contribution in [1.82, 2.24) is 4.90 Å². The number of nitrogens with zero attached hydrogens (tertiary/aromatic N) is 1. The highest BCUT2D eigenvalue weighted by molar-refractivity contribution is 9.10. The lowest BCUT2D eigenvalue weighted by atomic mass is 9.94. The lowest BCUT2D eigenvalue weighted by molar-refractivity contribution is 0.00946. The van der Waals surface area contributed by atoms with Gasteiger partial charge >= 0.3 is 6.09 Å². The second-order valence-corrected chi connectivity index (χ2v) is 7.61. The summed E-state index contributed by atoms with van der Waals surface area (Å²) in [5, 5.41) is 0. The fourth-order valence-corrected chi connectivity index (χ4v) is 2.99. The Hall–Kier alpha value is -1.10. The van der Waals surface area contributed by atoms with Crippen LogP contribution in [0.25, 0.3) is 0 Å². The number of hydrogen-bond donors (Lipinski definition) is 0. The lowest BCUT2D eigenvalue weighted by Crippen LogP contribution is -2.41. The van der Waals surface area contributed by atoms with Crippen LogP contribution in [0.1, 0.15) is 57.2 Å². The molecule has 5 heteroatoms. The Balaban J connectivity index is 2.28. The molecule has 1 aromatic rings. The Morgan fingerprint density at radius 3 is 2.64 bits per heavy atom. The topological polar surface area (TPSA) is 29.5 Å². The van der Waals surface area contributed by atoms with Crippen molar-refractivity contribution in [2.75, 3.05) is 6.54 Å². The van der Waals surface area contributed by atoms with E-state index in [1.54, 1.807) is 4.90 Å². The Bertz CT molecular complexity index is 545. The highest BCUT2D eigenvalue weighted by Gasteiger charge is 2.31. The molecule has 0 N–H and O–H groups in total. The molecule has 1 saturated heterocycles. The minimum Gasteiger partial charge on any atom is -0.444 e. The summed E-state index contributed by atoms with van der Waals surface area (Å²) in [6.45, 7) is 8.07. The van der Waals surface area contributed by atoms with E-state index in [1.165, 1.54) is 6.07 Å². The largest absolute Gasteiger partial charge is 0.444 e. The standard InChI is InChI=1S/C17H23BrFNO2/c1-11-9-12(10-13(19)15(11)18)14-7-5-6-8-20(14)16(21)22-17(2,3)4/h9-10,14H,5-8H2,1-4H3. The molecule has 0 spiro atoms. The average Bonchev–Trinajstić information content (AvgIpc) is 2.42. The molecule has 0 saturated carbocycles. The molecule has 122 valence electrons. The van der Waals surface area contributed by atoms with Gasteiger partial charge in [-0.2, -0.15) is 0 Å². The van der Waals surface area contributed by atoms with E-state index in [0.717, 1.165) is 30.4 Å². The summed E-state index contributed by atoms with van der Waals surface area (Å²) in [4.78, 5) is 14.2. The average molecular weight is 372 g/mol. The third kappa shape index (κ3) is 4.00. The predicted molar refractivity (Wildman–Crippen MR) is 88.4 cm³/mol. The molecule has 1 atom stereocenters. The van der Waals surface area contributed by atoms with Gasteiger partial charge < -0.3 is 9.64 Å². The second kappa shape index (κ2) is 6.57. The van der Waals surface area contributed by atoms with E-state index in [-0.39, 0.29) is 18.0 Å². The summed E-state index contributed by atoms with van der Waals surface area (Å²) in [5.74, 6) is -0.287. The van der Waals surface area contributed by atoms with Crippen LogP contribution < -0.4 is 0 Å². The smallest absolute Gasteiger partial charge is 0.410 e. The minimum absolute atomic E-state index is 0.120. The first kappa shape index (κ1) is 17.3. The number of halogens is 2. The quantitative estimate of drug-likeness (QED) is 0.664. The van der Waals surface area contributed by atoms with Crippen LogP contribution in [0.15, 0.2) is 16.6 Å². The van der Waals surface area contributed by atoms with Crippen molar-refractivity contribution in [3.05, 3.63) is 33.5 Å². The van der Waals surface area contributed by atoms with Gasteiger partial charge in [-0.1, -0.05) is 6.07 Å². The van der Waals surface area contributed by atoms with Crippen LogP contribution in [0.4, 0.5) is 9.18 Å². The minimum atomic E-state index is -0.528. The van der Waals surface area contributed by atoms with E-state index in [9.17, 15) is 9.18 Å². The van der Waals surface area contributed by atoms with Crippen LogP contribution in [0.3, 0.4) is 0 Å². The van der Waals surface area contributed by atoms with E-state index < -0.39 is 5.60 Å². The van der Waals surface area contributed by atoms with E-state index in [4.69, 9.17) is 4.74 Å². The van der Waals surface area contributed by atoms with E-state index in [1.807, 2.05) is 33.8 Å². The van der Waals surface area contributed by atoms with Crippen molar-refractivity contribution in [2.24, 2.45) is 0 Å².